The molecule has 2 aliphatic rings. The molecule has 0 saturated carbocycles. The van der Waals surface area contributed by atoms with Gasteiger partial charge in [0.1, 0.15) is 0 Å². The van der Waals surface area contributed by atoms with E-state index in [2.05, 4.69) is 5.32 Å². The summed E-state index contributed by atoms with van der Waals surface area (Å²) in [5.41, 5.74) is 1.18. The number of rotatable bonds is 5. The van der Waals surface area contributed by atoms with Gasteiger partial charge in [-0.2, -0.15) is 0 Å². The minimum absolute atomic E-state index is 0.0858. The van der Waals surface area contributed by atoms with Gasteiger partial charge in [-0.1, -0.05) is 17.7 Å². The highest BCUT2D eigenvalue weighted by Crippen LogP contribution is 2.36. The molecule has 0 unspecified atom stereocenters. The standard InChI is InChI=1S/C20H15ClN2O5S/c21-14-4-2-13(3-5-14)18(24)22-7-8-23-19(25)17(29-20(23)26)10-12-1-6-15-16(9-12)28-11-27-15/h1-6,9-10H,7-8,11H2,(H,22,24)/b17-10-. The molecular formula is C20H15ClN2O5S. The number of fused-ring (bicyclic) bond motifs is 1. The maximum absolute atomic E-state index is 12.6. The van der Waals surface area contributed by atoms with Crippen molar-refractivity contribution in [1.82, 2.24) is 10.2 Å². The van der Waals surface area contributed by atoms with Crippen LogP contribution in [0.1, 0.15) is 15.9 Å². The number of nitrogens with zero attached hydrogens (tertiary/aromatic N) is 1. The van der Waals surface area contributed by atoms with E-state index in [0.717, 1.165) is 22.2 Å². The highest BCUT2D eigenvalue weighted by Gasteiger charge is 2.34. The number of ether oxygens (including phenoxy) is 2. The number of thioether (sulfide) groups is 1. The zero-order valence-electron chi connectivity index (χ0n) is 15.0. The lowest BCUT2D eigenvalue weighted by molar-refractivity contribution is -0.122. The van der Waals surface area contributed by atoms with Crippen molar-refractivity contribution in [3.63, 3.8) is 0 Å². The summed E-state index contributed by atoms with van der Waals surface area (Å²) >= 11 is 6.67. The van der Waals surface area contributed by atoms with Crippen LogP contribution in [-0.4, -0.2) is 41.8 Å². The van der Waals surface area contributed by atoms with E-state index in [1.807, 2.05) is 0 Å². The number of amides is 3. The second-order valence-corrected chi connectivity index (χ2v) is 7.64. The van der Waals surface area contributed by atoms with Crippen LogP contribution in [0, 0.1) is 0 Å². The zero-order valence-corrected chi connectivity index (χ0v) is 16.6. The second-order valence-electron chi connectivity index (χ2n) is 6.21. The third-order valence-electron chi connectivity index (χ3n) is 4.30. The van der Waals surface area contributed by atoms with Gasteiger partial charge < -0.3 is 14.8 Å². The van der Waals surface area contributed by atoms with Crippen molar-refractivity contribution in [1.29, 1.82) is 0 Å². The first-order valence-electron chi connectivity index (χ1n) is 8.70. The first-order chi connectivity index (χ1) is 14.0. The molecule has 0 bridgehead atoms. The Morgan fingerprint density at radius 2 is 1.90 bits per heavy atom. The van der Waals surface area contributed by atoms with Gasteiger partial charge in [0, 0.05) is 23.7 Å². The summed E-state index contributed by atoms with van der Waals surface area (Å²) in [6.45, 7) is 0.399. The van der Waals surface area contributed by atoms with Crippen LogP contribution in [0.3, 0.4) is 0 Å². The quantitative estimate of drug-likeness (QED) is 0.730. The molecule has 0 spiro atoms. The summed E-state index contributed by atoms with van der Waals surface area (Å²) in [5.74, 6) is 0.553. The monoisotopic (exact) mass is 430 g/mol. The Morgan fingerprint density at radius 3 is 2.69 bits per heavy atom. The zero-order chi connectivity index (χ0) is 20.4. The average molecular weight is 431 g/mol. The molecule has 148 valence electrons. The number of benzene rings is 2. The van der Waals surface area contributed by atoms with Crippen molar-refractivity contribution < 1.29 is 23.9 Å². The van der Waals surface area contributed by atoms with Crippen LogP contribution in [0.25, 0.3) is 6.08 Å². The van der Waals surface area contributed by atoms with Crippen molar-refractivity contribution in [2.75, 3.05) is 19.9 Å². The van der Waals surface area contributed by atoms with E-state index in [1.165, 1.54) is 0 Å². The molecule has 3 amide bonds. The van der Waals surface area contributed by atoms with Gasteiger partial charge >= 0.3 is 0 Å². The Balaban J connectivity index is 1.37. The Hall–Kier alpha value is -2.97. The molecule has 2 aliphatic heterocycles. The normalized spacial score (nSPS) is 16.6. The number of hydrogen-bond donors (Lipinski definition) is 1. The molecule has 0 aromatic heterocycles. The summed E-state index contributed by atoms with van der Waals surface area (Å²) in [6.07, 6.45) is 1.64. The first kappa shape index (κ1) is 19.4. The number of hydrogen-bond acceptors (Lipinski definition) is 6. The summed E-state index contributed by atoms with van der Waals surface area (Å²) in [6, 6.07) is 11.7. The summed E-state index contributed by atoms with van der Waals surface area (Å²) in [5, 5.41) is 2.86. The van der Waals surface area contributed by atoms with Crippen LogP contribution >= 0.6 is 23.4 Å². The average Bonchev–Trinajstić information content (AvgIpc) is 3.27. The minimum atomic E-state index is -0.390. The van der Waals surface area contributed by atoms with Crippen molar-refractivity contribution in [2.24, 2.45) is 0 Å². The smallest absolute Gasteiger partial charge is 0.293 e. The van der Waals surface area contributed by atoms with Gasteiger partial charge in [-0.15, -0.1) is 0 Å². The maximum Gasteiger partial charge on any atom is 0.293 e. The lowest BCUT2D eigenvalue weighted by atomic mass is 10.2. The molecule has 0 atom stereocenters. The number of carbonyl (C=O) groups is 3. The lowest BCUT2D eigenvalue weighted by Gasteiger charge is -2.13. The first-order valence-corrected chi connectivity index (χ1v) is 9.89. The molecule has 2 aromatic rings. The third kappa shape index (κ3) is 4.23. The topological polar surface area (TPSA) is 84.9 Å². The molecule has 4 rings (SSSR count). The van der Waals surface area contributed by atoms with Gasteiger partial charge in [-0.3, -0.25) is 19.3 Å². The van der Waals surface area contributed by atoms with Crippen LogP contribution < -0.4 is 14.8 Å². The molecule has 9 heteroatoms. The SMILES string of the molecule is O=C(NCCN1C(=O)S/C(=C\c2ccc3c(c2)OCO3)C1=O)c1ccc(Cl)cc1. The van der Waals surface area contributed by atoms with Gasteiger partial charge in [0.2, 0.25) is 6.79 Å². The fraction of sp³-hybridized carbons (Fsp3) is 0.150. The van der Waals surface area contributed by atoms with Crippen LogP contribution in [0.5, 0.6) is 11.5 Å². The van der Waals surface area contributed by atoms with Gasteiger partial charge in [0.15, 0.2) is 11.5 Å². The molecule has 0 radical (unpaired) electrons. The Bertz CT molecular complexity index is 1020. The summed E-state index contributed by atoms with van der Waals surface area (Å²) in [7, 11) is 0. The van der Waals surface area contributed by atoms with Crippen molar-refractivity contribution in [3.05, 3.63) is 63.5 Å². The highest BCUT2D eigenvalue weighted by atomic mass is 35.5. The Morgan fingerprint density at radius 1 is 1.14 bits per heavy atom. The van der Waals surface area contributed by atoms with Gasteiger partial charge in [-0.05, 0) is 59.8 Å². The van der Waals surface area contributed by atoms with E-state index in [4.69, 9.17) is 21.1 Å². The minimum Gasteiger partial charge on any atom is -0.454 e. The molecular weight excluding hydrogens is 416 g/mol. The van der Waals surface area contributed by atoms with E-state index in [9.17, 15) is 14.4 Å². The van der Waals surface area contributed by atoms with Crippen LogP contribution in [-0.2, 0) is 4.79 Å². The fourth-order valence-corrected chi connectivity index (χ4v) is 3.82. The second kappa shape index (κ2) is 8.18. The summed E-state index contributed by atoms with van der Waals surface area (Å²) < 4.78 is 10.6. The van der Waals surface area contributed by atoms with E-state index in [1.54, 1.807) is 48.5 Å². The molecule has 1 saturated heterocycles. The highest BCUT2D eigenvalue weighted by molar-refractivity contribution is 8.18. The molecule has 7 nitrogen and oxygen atoms in total. The molecule has 2 heterocycles. The van der Waals surface area contributed by atoms with E-state index in [0.29, 0.717) is 27.0 Å². The van der Waals surface area contributed by atoms with Crippen molar-refractivity contribution in [2.45, 2.75) is 0 Å². The van der Waals surface area contributed by atoms with Gasteiger partial charge in [0.25, 0.3) is 17.1 Å². The van der Waals surface area contributed by atoms with Crippen LogP contribution in [0.2, 0.25) is 5.02 Å². The van der Waals surface area contributed by atoms with Crippen LogP contribution in [0.4, 0.5) is 4.79 Å². The predicted octanol–water partition coefficient (Wildman–Crippen LogP) is 3.54. The van der Waals surface area contributed by atoms with Crippen LogP contribution in [0.15, 0.2) is 47.4 Å². The Labute approximate surface area is 175 Å². The molecule has 1 N–H and O–H groups in total. The van der Waals surface area contributed by atoms with Crippen molar-refractivity contribution in [3.8, 4) is 11.5 Å². The molecule has 1 fully saturated rings. The van der Waals surface area contributed by atoms with Crippen molar-refractivity contribution >= 4 is 46.5 Å². The predicted molar refractivity (Wildman–Crippen MR) is 109 cm³/mol. The van der Waals surface area contributed by atoms with E-state index >= 15 is 0 Å². The Kier molecular flexibility index (Phi) is 5.46. The molecule has 0 aliphatic carbocycles. The number of halogens is 1. The number of carbonyl (C=O) groups excluding carboxylic acids is 3. The maximum atomic E-state index is 12.6. The molecule has 2 aromatic carbocycles. The number of nitrogens with one attached hydrogen (secondary N) is 1. The van der Waals surface area contributed by atoms with E-state index in [-0.39, 0.29) is 31.0 Å². The number of imide groups is 1. The lowest BCUT2D eigenvalue weighted by Crippen LogP contribution is -2.37. The fourth-order valence-electron chi connectivity index (χ4n) is 2.83. The third-order valence-corrected chi connectivity index (χ3v) is 5.45. The van der Waals surface area contributed by atoms with Gasteiger partial charge in [0.05, 0.1) is 4.91 Å². The molecule has 29 heavy (non-hydrogen) atoms. The largest absolute Gasteiger partial charge is 0.454 e. The van der Waals surface area contributed by atoms with E-state index < -0.39 is 5.91 Å². The van der Waals surface area contributed by atoms with Gasteiger partial charge in [-0.25, -0.2) is 0 Å². The summed E-state index contributed by atoms with van der Waals surface area (Å²) in [4.78, 5) is 38.3.